The lowest BCUT2D eigenvalue weighted by Crippen LogP contribution is -2.23. The average molecular weight is 334 g/mol. The Morgan fingerprint density at radius 2 is 2.12 bits per heavy atom. The van der Waals surface area contributed by atoms with Crippen LogP contribution in [0.2, 0.25) is 0 Å². The van der Waals surface area contributed by atoms with Crippen LogP contribution in [0.1, 0.15) is 43.3 Å². The summed E-state index contributed by atoms with van der Waals surface area (Å²) < 4.78 is 28.5. The summed E-state index contributed by atoms with van der Waals surface area (Å²) in [5, 5.41) is 3.91. The van der Waals surface area contributed by atoms with Crippen LogP contribution in [0.3, 0.4) is 0 Å². The van der Waals surface area contributed by atoms with Crippen molar-refractivity contribution in [3.8, 4) is 5.75 Å². The van der Waals surface area contributed by atoms with Gasteiger partial charge in [0.1, 0.15) is 11.6 Å². The summed E-state index contributed by atoms with van der Waals surface area (Å²) in [6.07, 6.45) is 3.33. The number of carbonyl (C=O) groups excluding carboxylic acids is 1. The summed E-state index contributed by atoms with van der Waals surface area (Å²) in [6, 6.07) is 5.73. The standard InChI is InChI=1S/C17H19FN2O4/c1-22-17(21)12-4-2-3-11(9-12)16-19-15(20-24-16)10-23-14-7-5-13(18)6-8-14/h5-8,11-12H,2-4,9-10H2,1H3/t11-,12-/m1/s1. The topological polar surface area (TPSA) is 74.5 Å². The number of esters is 1. The molecular formula is C17H19FN2O4. The highest BCUT2D eigenvalue weighted by Crippen LogP contribution is 2.36. The molecule has 6 nitrogen and oxygen atoms in total. The molecule has 0 N–H and O–H groups in total. The highest BCUT2D eigenvalue weighted by molar-refractivity contribution is 5.72. The maximum atomic E-state index is 12.8. The fourth-order valence-electron chi connectivity index (χ4n) is 2.97. The number of ether oxygens (including phenoxy) is 2. The van der Waals surface area contributed by atoms with Crippen LogP contribution in [0.5, 0.6) is 5.75 Å². The summed E-state index contributed by atoms with van der Waals surface area (Å²) in [6.45, 7) is 0.141. The van der Waals surface area contributed by atoms with Gasteiger partial charge in [-0.3, -0.25) is 4.79 Å². The van der Waals surface area contributed by atoms with E-state index in [2.05, 4.69) is 10.1 Å². The molecule has 0 radical (unpaired) electrons. The number of carbonyl (C=O) groups is 1. The number of rotatable bonds is 5. The SMILES string of the molecule is COC(=O)[C@@H]1CCC[C@@H](c2nc(COc3ccc(F)cc3)no2)C1. The molecule has 1 saturated carbocycles. The maximum Gasteiger partial charge on any atom is 0.308 e. The van der Waals surface area contributed by atoms with Gasteiger partial charge in [0.2, 0.25) is 11.7 Å². The molecule has 3 rings (SSSR count). The third-order valence-corrected chi connectivity index (χ3v) is 4.22. The van der Waals surface area contributed by atoms with Crippen molar-refractivity contribution in [3.63, 3.8) is 0 Å². The zero-order chi connectivity index (χ0) is 16.9. The van der Waals surface area contributed by atoms with E-state index >= 15 is 0 Å². The summed E-state index contributed by atoms with van der Waals surface area (Å²) in [5.41, 5.74) is 0. The Bertz CT molecular complexity index is 686. The predicted molar refractivity (Wildman–Crippen MR) is 81.7 cm³/mol. The van der Waals surface area contributed by atoms with Crippen molar-refractivity contribution in [2.75, 3.05) is 7.11 Å². The van der Waals surface area contributed by atoms with Gasteiger partial charge >= 0.3 is 5.97 Å². The second-order valence-corrected chi connectivity index (χ2v) is 5.88. The molecule has 2 aromatic rings. The van der Waals surface area contributed by atoms with Gasteiger partial charge in [0.25, 0.3) is 0 Å². The minimum atomic E-state index is -0.318. The molecule has 128 valence electrons. The molecule has 1 aliphatic rings. The van der Waals surface area contributed by atoms with E-state index in [1.165, 1.54) is 19.2 Å². The van der Waals surface area contributed by atoms with Crippen molar-refractivity contribution in [2.45, 2.75) is 38.2 Å². The minimum Gasteiger partial charge on any atom is -0.485 e. The number of benzene rings is 1. The number of hydrogen-bond donors (Lipinski definition) is 0. The van der Waals surface area contributed by atoms with Crippen LogP contribution in [0, 0.1) is 11.7 Å². The molecule has 0 amide bonds. The first-order valence-electron chi connectivity index (χ1n) is 7.94. The number of nitrogens with zero attached hydrogens (tertiary/aromatic N) is 2. The van der Waals surface area contributed by atoms with Crippen molar-refractivity contribution in [3.05, 3.63) is 41.8 Å². The molecule has 1 aliphatic carbocycles. The van der Waals surface area contributed by atoms with Gasteiger partial charge in [0.05, 0.1) is 13.0 Å². The lowest BCUT2D eigenvalue weighted by atomic mass is 9.81. The van der Waals surface area contributed by atoms with Gasteiger partial charge in [-0.25, -0.2) is 4.39 Å². The highest BCUT2D eigenvalue weighted by Gasteiger charge is 2.31. The first-order chi connectivity index (χ1) is 11.7. The van der Waals surface area contributed by atoms with Gasteiger partial charge in [0.15, 0.2) is 6.61 Å². The summed E-state index contributed by atoms with van der Waals surface area (Å²) >= 11 is 0. The Morgan fingerprint density at radius 1 is 1.33 bits per heavy atom. The van der Waals surface area contributed by atoms with Crippen molar-refractivity contribution in [2.24, 2.45) is 5.92 Å². The monoisotopic (exact) mass is 334 g/mol. The first-order valence-corrected chi connectivity index (χ1v) is 7.94. The Balaban J connectivity index is 1.58. The number of halogens is 1. The van der Waals surface area contributed by atoms with E-state index in [9.17, 15) is 9.18 Å². The van der Waals surface area contributed by atoms with E-state index in [1.807, 2.05) is 0 Å². The molecule has 7 heteroatoms. The van der Waals surface area contributed by atoms with Crippen LogP contribution in [-0.2, 0) is 16.1 Å². The number of hydrogen-bond acceptors (Lipinski definition) is 6. The normalized spacial score (nSPS) is 20.6. The Hall–Kier alpha value is -2.44. The summed E-state index contributed by atoms with van der Waals surface area (Å²) in [4.78, 5) is 16.1. The summed E-state index contributed by atoms with van der Waals surface area (Å²) in [5.74, 6) is 0.942. The molecular weight excluding hydrogens is 315 g/mol. The van der Waals surface area contributed by atoms with Crippen molar-refractivity contribution in [1.82, 2.24) is 10.1 Å². The van der Waals surface area contributed by atoms with Crippen LogP contribution in [0.4, 0.5) is 4.39 Å². The Kier molecular flexibility index (Phi) is 5.08. The van der Waals surface area contributed by atoms with Gasteiger partial charge in [0, 0.05) is 5.92 Å². The fourth-order valence-corrected chi connectivity index (χ4v) is 2.97. The van der Waals surface area contributed by atoms with Crippen LogP contribution in [0.25, 0.3) is 0 Å². The third-order valence-electron chi connectivity index (χ3n) is 4.22. The highest BCUT2D eigenvalue weighted by atomic mass is 19.1. The van der Waals surface area contributed by atoms with Crippen molar-refractivity contribution >= 4 is 5.97 Å². The Labute approximate surface area is 139 Å². The van der Waals surface area contributed by atoms with Crippen LogP contribution < -0.4 is 4.74 Å². The first kappa shape index (κ1) is 16.4. The van der Waals surface area contributed by atoms with Crippen LogP contribution in [0.15, 0.2) is 28.8 Å². The molecule has 1 fully saturated rings. The molecule has 0 aliphatic heterocycles. The van der Waals surface area contributed by atoms with E-state index in [4.69, 9.17) is 14.0 Å². The molecule has 0 unspecified atom stereocenters. The van der Waals surface area contributed by atoms with Crippen LogP contribution >= 0.6 is 0 Å². The van der Waals surface area contributed by atoms with Gasteiger partial charge in [-0.1, -0.05) is 11.6 Å². The average Bonchev–Trinajstić information content (AvgIpc) is 3.10. The largest absolute Gasteiger partial charge is 0.485 e. The molecule has 1 aromatic carbocycles. The van der Waals surface area contributed by atoms with Gasteiger partial charge in [-0.15, -0.1) is 0 Å². The van der Waals surface area contributed by atoms with Gasteiger partial charge in [-0.05, 0) is 43.5 Å². The number of methoxy groups -OCH3 is 1. The zero-order valence-electron chi connectivity index (χ0n) is 13.4. The molecule has 0 spiro atoms. The van der Waals surface area contributed by atoms with Crippen molar-refractivity contribution < 1.29 is 23.2 Å². The molecule has 0 bridgehead atoms. The Morgan fingerprint density at radius 3 is 2.88 bits per heavy atom. The second-order valence-electron chi connectivity index (χ2n) is 5.88. The lowest BCUT2D eigenvalue weighted by Gasteiger charge is -2.24. The predicted octanol–water partition coefficient (Wildman–Crippen LogP) is 3.23. The van der Waals surface area contributed by atoms with E-state index in [-0.39, 0.29) is 30.2 Å². The van der Waals surface area contributed by atoms with Crippen molar-refractivity contribution in [1.29, 1.82) is 0 Å². The van der Waals surface area contributed by atoms with E-state index in [0.29, 0.717) is 23.9 Å². The third kappa shape index (κ3) is 3.90. The molecule has 1 heterocycles. The second kappa shape index (κ2) is 7.42. The maximum absolute atomic E-state index is 12.8. The van der Waals surface area contributed by atoms with E-state index in [1.54, 1.807) is 12.1 Å². The number of aromatic nitrogens is 2. The molecule has 0 saturated heterocycles. The van der Waals surface area contributed by atoms with Gasteiger partial charge in [-0.2, -0.15) is 4.98 Å². The zero-order valence-corrected chi connectivity index (χ0v) is 13.4. The molecule has 24 heavy (non-hydrogen) atoms. The smallest absolute Gasteiger partial charge is 0.308 e. The molecule has 1 aromatic heterocycles. The lowest BCUT2D eigenvalue weighted by molar-refractivity contribution is -0.146. The van der Waals surface area contributed by atoms with E-state index < -0.39 is 0 Å². The summed E-state index contributed by atoms with van der Waals surface area (Å²) in [7, 11) is 1.41. The van der Waals surface area contributed by atoms with Gasteiger partial charge < -0.3 is 14.0 Å². The molecule has 2 atom stereocenters. The van der Waals surface area contributed by atoms with E-state index in [0.717, 1.165) is 19.3 Å². The fraction of sp³-hybridized carbons (Fsp3) is 0.471. The van der Waals surface area contributed by atoms with Crippen LogP contribution in [-0.4, -0.2) is 23.2 Å². The minimum absolute atomic E-state index is 0.0647. The quantitative estimate of drug-likeness (QED) is 0.782.